The summed E-state index contributed by atoms with van der Waals surface area (Å²) in [5.41, 5.74) is 27.7. The van der Waals surface area contributed by atoms with Crippen molar-refractivity contribution in [3.8, 4) is 0 Å². The number of ether oxygens (including phenoxy) is 1. The van der Waals surface area contributed by atoms with Crippen LogP contribution in [0.2, 0.25) is 0 Å². The number of hydrogen-bond donors (Lipinski definition) is 7. The van der Waals surface area contributed by atoms with E-state index in [1.165, 1.54) is 5.39 Å². The van der Waals surface area contributed by atoms with Gasteiger partial charge in [-0.3, -0.25) is 0 Å². The fraction of sp³-hybridized carbons (Fsp3) is 0.140. The van der Waals surface area contributed by atoms with E-state index in [0.29, 0.717) is 18.2 Å². The molecule has 1 unspecified atom stereocenters. The second kappa shape index (κ2) is 15.5. The molecule has 0 radical (unpaired) electrons. The Hall–Kier alpha value is -6.61. The lowest BCUT2D eigenvalue weighted by atomic mass is 10.1. The second-order valence-corrected chi connectivity index (χ2v) is 12.6. The van der Waals surface area contributed by atoms with Crippen molar-refractivity contribution >= 4 is 78.1 Å². The van der Waals surface area contributed by atoms with Gasteiger partial charge in [-0.1, -0.05) is 79.7 Å². The van der Waals surface area contributed by atoms with Crippen LogP contribution in [-0.4, -0.2) is 18.6 Å². The third-order valence-corrected chi connectivity index (χ3v) is 9.19. The van der Waals surface area contributed by atoms with E-state index in [1.807, 2.05) is 36.4 Å². The van der Waals surface area contributed by atoms with E-state index in [-0.39, 0.29) is 5.97 Å². The number of hydrogen-bond acceptors (Lipinski definition) is 9. The van der Waals surface area contributed by atoms with E-state index >= 15 is 0 Å². The topological polar surface area (TPSA) is 111 Å². The fourth-order valence-corrected chi connectivity index (χ4v) is 6.25. The zero-order valence-electron chi connectivity index (χ0n) is 29.5. The Balaban J connectivity index is 1.06. The van der Waals surface area contributed by atoms with Crippen molar-refractivity contribution in [3.63, 3.8) is 0 Å². The first-order valence-corrected chi connectivity index (χ1v) is 17.7. The SMILES string of the molecule is CCOC(=O)c1ccc(NNc2ccc(NNc3ccc(NNc4ccc(NC(C)CC)c5ccccc45)c4ccccc34)c3ccccc23)cc1. The van der Waals surface area contributed by atoms with Gasteiger partial charge in [-0.05, 0) is 80.9 Å². The number of fused-ring (bicyclic) bond motifs is 3. The van der Waals surface area contributed by atoms with Crippen molar-refractivity contribution in [1.29, 1.82) is 0 Å². The zero-order chi connectivity index (χ0) is 35.9. The van der Waals surface area contributed by atoms with Gasteiger partial charge in [0.2, 0.25) is 0 Å². The van der Waals surface area contributed by atoms with Crippen LogP contribution in [0.25, 0.3) is 32.3 Å². The van der Waals surface area contributed by atoms with Gasteiger partial charge in [0, 0.05) is 44.0 Å². The highest BCUT2D eigenvalue weighted by Crippen LogP contribution is 2.35. The van der Waals surface area contributed by atoms with Crippen molar-refractivity contribution in [2.75, 3.05) is 44.5 Å². The van der Waals surface area contributed by atoms with Crippen LogP contribution in [0.1, 0.15) is 37.6 Å². The lowest BCUT2D eigenvalue weighted by molar-refractivity contribution is 0.0526. The highest BCUT2D eigenvalue weighted by Gasteiger charge is 2.12. The summed E-state index contributed by atoms with van der Waals surface area (Å²) >= 11 is 0. The van der Waals surface area contributed by atoms with Gasteiger partial charge in [-0.2, -0.15) is 0 Å². The number of anilines is 7. The fourth-order valence-electron chi connectivity index (χ4n) is 6.25. The van der Waals surface area contributed by atoms with E-state index in [1.54, 1.807) is 19.1 Å². The van der Waals surface area contributed by atoms with Gasteiger partial charge in [-0.15, -0.1) is 0 Å². The third-order valence-electron chi connectivity index (χ3n) is 9.19. The molecule has 0 aliphatic rings. The molecule has 7 aromatic rings. The van der Waals surface area contributed by atoms with Crippen molar-refractivity contribution in [2.24, 2.45) is 0 Å². The molecule has 9 heteroatoms. The quantitative estimate of drug-likeness (QED) is 0.0443. The minimum Gasteiger partial charge on any atom is -0.462 e. The molecule has 0 heterocycles. The van der Waals surface area contributed by atoms with E-state index in [9.17, 15) is 4.79 Å². The molecule has 0 saturated heterocycles. The van der Waals surface area contributed by atoms with Crippen LogP contribution < -0.4 is 37.9 Å². The van der Waals surface area contributed by atoms with Gasteiger partial charge in [-0.25, -0.2) is 4.79 Å². The number of carbonyl (C=O) groups is 1. The highest BCUT2D eigenvalue weighted by molar-refractivity contribution is 6.06. The van der Waals surface area contributed by atoms with Crippen molar-refractivity contribution in [2.45, 2.75) is 33.2 Å². The lowest BCUT2D eigenvalue weighted by Crippen LogP contribution is -2.14. The van der Waals surface area contributed by atoms with E-state index < -0.39 is 0 Å². The molecule has 0 aromatic heterocycles. The molecule has 1 atom stereocenters. The van der Waals surface area contributed by atoms with Crippen LogP contribution in [0.3, 0.4) is 0 Å². The molecular formula is C43H43N7O2. The minimum atomic E-state index is -0.330. The molecule has 9 nitrogen and oxygen atoms in total. The third kappa shape index (κ3) is 7.29. The van der Waals surface area contributed by atoms with Gasteiger partial charge >= 0.3 is 5.97 Å². The van der Waals surface area contributed by atoms with Gasteiger partial charge < -0.3 is 42.6 Å². The Labute approximate surface area is 303 Å². The number of esters is 1. The molecule has 0 amide bonds. The molecule has 262 valence electrons. The van der Waals surface area contributed by atoms with Crippen LogP contribution in [0.15, 0.2) is 133 Å². The van der Waals surface area contributed by atoms with Crippen molar-refractivity contribution < 1.29 is 9.53 Å². The van der Waals surface area contributed by atoms with Gasteiger partial charge in [0.05, 0.1) is 46.3 Å². The maximum Gasteiger partial charge on any atom is 0.338 e. The maximum absolute atomic E-state index is 12.0. The smallest absolute Gasteiger partial charge is 0.338 e. The Morgan fingerprint density at radius 2 is 0.827 bits per heavy atom. The molecule has 0 spiro atoms. The molecule has 0 aliphatic carbocycles. The zero-order valence-corrected chi connectivity index (χ0v) is 29.5. The molecule has 0 fully saturated rings. The normalized spacial score (nSPS) is 11.5. The van der Waals surface area contributed by atoms with Crippen LogP contribution in [-0.2, 0) is 4.74 Å². The summed E-state index contributed by atoms with van der Waals surface area (Å²) in [5.74, 6) is -0.330. The Bertz CT molecular complexity index is 2340. The molecule has 0 saturated carbocycles. The van der Waals surface area contributed by atoms with E-state index in [2.05, 4.69) is 137 Å². The summed E-state index contributed by atoms with van der Waals surface area (Å²) in [6, 6.07) is 45.1. The lowest BCUT2D eigenvalue weighted by Gasteiger charge is -2.20. The first kappa shape index (κ1) is 33.9. The number of hydrazine groups is 3. The highest BCUT2D eigenvalue weighted by atomic mass is 16.5. The van der Waals surface area contributed by atoms with Crippen LogP contribution >= 0.6 is 0 Å². The first-order valence-electron chi connectivity index (χ1n) is 17.7. The Morgan fingerprint density at radius 1 is 0.481 bits per heavy atom. The second-order valence-electron chi connectivity index (χ2n) is 12.6. The van der Waals surface area contributed by atoms with Crippen LogP contribution in [0.4, 0.5) is 39.8 Å². The summed E-state index contributed by atoms with van der Waals surface area (Å²) in [6.45, 7) is 6.54. The number of benzene rings is 7. The van der Waals surface area contributed by atoms with Crippen molar-refractivity contribution in [3.05, 3.63) is 139 Å². The van der Waals surface area contributed by atoms with E-state index in [4.69, 9.17) is 4.74 Å². The molecule has 0 aliphatic heterocycles. The summed E-state index contributed by atoms with van der Waals surface area (Å²) in [6.07, 6.45) is 1.06. The van der Waals surface area contributed by atoms with Crippen LogP contribution in [0, 0.1) is 0 Å². The largest absolute Gasteiger partial charge is 0.462 e. The molecule has 52 heavy (non-hydrogen) atoms. The van der Waals surface area contributed by atoms with Crippen molar-refractivity contribution in [1.82, 2.24) is 0 Å². The summed E-state index contributed by atoms with van der Waals surface area (Å²) < 4.78 is 5.09. The van der Waals surface area contributed by atoms with Gasteiger partial charge in [0.1, 0.15) is 0 Å². The molecule has 7 aromatic carbocycles. The predicted octanol–water partition coefficient (Wildman–Crippen LogP) is 10.9. The standard InChI is InChI=1S/C43H43N7O2/c1-4-28(3)44-37-22-23-39(32-13-7-6-12-31(32)37)47-48-41-26-27-42(36-17-11-10-16-35(36)41)50-49-40-25-24-38(33-14-8-9-15-34(33)40)46-45-30-20-18-29(19-21-30)43(51)52-5-2/h6-28,44-50H,4-5H2,1-3H3. The average Bonchev–Trinajstić information content (AvgIpc) is 3.19. The molecule has 7 N–H and O–H groups in total. The molecule has 0 bridgehead atoms. The monoisotopic (exact) mass is 689 g/mol. The van der Waals surface area contributed by atoms with E-state index in [0.717, 1.165) is 73.2 Å². The molecular weight excluding hydrogens is 647 g/mol. The van der Waals surface area contributed by atoms with Crippen LogP contribution in [0.5, 0.6) is 0 Å². The summed E-state index contributed by atoms with van der Waals surface area (Å²) in [7, 11) is 0. The maximum atomic E-state index is 12.0. The first-order chi connectivity index (χ1) is 25.5. The van der Waals surface area contributed by atoms with Gasteiger partial charge in [0.25, 0.3) is 0 Å². The number of carbonyl (C=O) groups excluding carboxylic acids is 1. The average molecular weight is 690 g/mol. The minimum absolute atomic E-state index is 0.330. The van der Waals surface area contributed by atoms with Gasteiger partial charge in [0.15, 0.2) is 0 Å². The summed E-state index contributed by atoms with van der Waals surface area (Å²) in [5, 5.41) is 10.2. The number of rotatable bonds is 14. The summed E-state index contributed by atoms with van der Waals surface area (Å²) in [4.78, 5) is 12.0. The Morgan fingerprint density at radius 3 is 1.19 bits per heavy atom. The number of nitrogens with one attached hydrogen (secondary N) is 7. The Kier molecular flexibility index (Phi) is 10.1. The predicted molar refractivity (Wildman–Crippen MR) is 219 cm³/mol. The molecule has 7 rings (SSSR count).